The maximum Gasteiger partial charge on any atom is 0.331 e. The number of methoxy groups -OCH3 is 1. The van der Waals surface area contributed by atoms with E-state index in [4.69, 9.17) is 4.74 Å². The van der Waals surface area contributed by atoms with Crippen LogP contribution in [0.1, 0.15) is 42.5 Å². The van der Waals surface area contributed by atoms with Crippen molar-refractivity contribution >= 4 is 11.9 Å². The molecule has 25 heavy (non-hydrogen) atoms. The van der Waals surface area contributed by atoms with Gasteiger partial charge >= 0.3 is 5.97 Å². The van der Waals surface area contributed by atoms with E-state index in [1.807, 2.05) is 42.5 Å². The normalized spacial score (nSPS) is 16.0. The number of esters is 1. The van der Waals surface area contributed by atoms with Gasteiger partial charge in [-0.1, -0.05) is 61.7 Å². The molecule has 0 aliphatic heterocycles. The zero-order valence-corrected chi connectivity index (χ0v) is 14.5. The zero-order chi connectivity index (χ0) is 17.7. The lowest BCUT2D eigenvalue weighted by molar-refractivity contribution is -0.149. The Bertz CT molecular complexity index is 731. The molecule has 0 heterocycles. The van der Waals surface area contributed by atoms with Crippen molar-refractivity contribution in [1.29, 1.82) is 0 Å². The third-order valence-electron chi connectivity index (χ3n) is 4.89. The molecule has 0 aromatic heterocycles. The molecule has 0 saturated heterocycles. The van der Waals surface area contributed by atoms with E-state index in [9.17, 15) is 9.59 Å². The highest BCUT2D eigenvalue weighted by atomic mass is 16.5. The van der Waals surface area contributed by atoms with Gasteiger partial charge in [0.15, 0.2) is 0 Å². The number of hydrogen-bond donors (Lipinski definition) is 1. The van der Waals surface area contributed by atoms with Gasteiger partial charge in [0.05, 0.1) is 7.11 Å². The molecule has 130 valence electrons. The quantitative estimate of drug-likeness (QED) is 0.859. The van der Waals surface area contributed by atoms with E-state index >= 15 is 0 Å². The number of carbonyl (C=O) groups is 2. The van der Waals surface area contributed by atoms with Crippen molar-refractivity contribution in [1.82, 2.24) is 5.32 Å². The van der Waals surface area contributed by atoms with E-state index in [0.29, 0.717) is 18.4 Å². The van der Waals surface area contributed by atoms with Crippen LogP contribution in [-0.2, 0) is 9.53 Å². The van der Waals surface area contributed by atoms with Gasteiger partial charge in [0.25, 0.3) is 5.91 Å². The molecule has 4 nitrogen and oxygen atoms in total. The first-order valence-corrected chi connectivity index (χ1v) is 8.71. The molecule has 2 aromatic rings. The summed E-state index contributed by atoms with van der Waals surface area (Å²) in [5.74, 6) is -0.576. The molecule has 0 spiro atoms. The van der Waals surface area contributed by atoms with E-state index < -0.39 is 5.54 Å². The van der Waals surface area contributed by atoms with Gasteiger partial charge in [-0.05, 0) is 36.1 Å². The standard InChI is InChI=1S/C21H23NO3/c1-25-20(24)21(14-6-3-7-15-21)22-19(23)18-12-10-17(11-13-18)16-8-4-2-5-9-16/h2,4-5,8-13H,3,6-7,14-15H2,1H3,(H,22,23). The fourth-order valence-electron chi connectivity index (χ4n) is 3.47. The first kappa shape index (κ1) is 17.2. The molecule has 0 atom stereocenters. The summed E-state index contributed by atoms with van der Waals surface area (Å²) >= 11 is 0. The summed E-state index contributed by atoms with van der Waals surface area (Å²) in [5.41, 5.74) is 1.82. The van der Waals surface area contributed by atoms with E-state index in [-0.39, 0.29) is 11.9 Å². The summed E-state index contributed by atoms with van der Waals surface area (Å²) in [6.07, 6.45) is 4.19. The van der Waals surface area contributed by atoms with Crippen molar-refractivity contribution in [3.63, 3.8) is 0 Å². The maximum atomic E-state index is 12.7. The van der Waals surface area contributed by atoms with Crippen LogP contribution in [0, 0.1) is 0 Å². The average Bonchev–Trinajstić information content (AvgIpc) is 2.68. The molecule has 0 unspecified atom stereocenters. The Morgan fingerprint density at radius 2 is 1.48 bits per heavy atom. The first-order chi connectivity index (χ1) is 12.1. The van der Waals surface area contributed by atoms with Crippen molar-refractivity contribution in [3.05, 3.63) is 60.2 Å². The van der Waals surface area contributed by atoms with Gasteiger partial charge in [0.1, 0.15) is 5.54 Å². The van der Waals surface area contributed by atoms with Crippen LogP contribution in [0.15, 0.2) is 54.6 Å². The molecule has 1 N–H and O–H groups in total. The highest BCUT2D eigenvalue weighted by Crippen LogP contribution is 2.30. The van der Waals surface area contributed by atoms with Crippen LogP contribution < -0.4 is 5.32 Å². The average molecular weight is 337 g/mol. The maximum absolute atomic E-state index is 12.7. The van der Waals surface area contributed by atoms with Crippen LogP contribution in [0.25, 0.3) is 11.1 Å². The lowest BCUT2D eigenvalue weighted by atomic mass is 9.81. The number of amides is 1. The Morgan fingerprint density at radius 1 is 0.880 bits per heavy atom. The van der Waals surface area contributed by atoms with Crippen LogP contribution in [0.4, 0.5) is 0 Å². The second-order valence-electron chi connectivity index (χ2n) is 6.53. The minimum absolute atomic E-state index is 0.230. The topological polar surface area (TPSA) is 55.4 Å². The predicted octanol–water partition coefficient (Wildman–Crippen LogP) is 3.96. The number of rotatable bonds is 4. The molecule has 1 saturated carbocycles. The highest BCUT2D eigenvalue weighted by Gasteiger charge is 2.42. The molecule has 2 aromatic carbocycles. The molecule has 1 amide bonds. The largest absolute Gasteiger partial charge is 0.467 e. The number of nitrogens with one attached hydrogen (secondary N) is 1. The zero-order valence-electron chi connectivity index (χ0n) is 14.5. The third-order valence-corrected chi connectivity index (χ3v) is 4.89. The van der Waals surface area contributed by atoms with Gasteiger partial charge in [0, 0.05) is 5.56 Å². The molecular formula is C21H23NO3. The molecule has 0 bridgehead atoms. The van der Waals surface area contributed by atoms with E-state index in [1.54, 1.807) is 12.1 Å². The van der Waals surface area contributed by atoms with Crippen molar-refractivity contribution in [3.8, 4) is 11.1 Å². The third kappa shape index (κ3) is 3.73. The lowest BCUT2D eigenvalue weighted by Crippen LogP contribution is -2.56. The van der Waals surface area contributed by atoms with E-state index in [1.165, 1.54) is 7.11 Å². The Labute approximate surface area is 148 Å². The van der Waals surface area contributed by atoms with Crippen molar-refractivity contribution in [2.75, 3.05) is 7.11 Å². The van der Waals surface area contributed by atoms with Gasteiger partial charge in [-0.25, -0.2) is 4.79 Å². The van der Waals surface area contributed by atoms with Crippen molar-refractivity contribution in [2.45, 2.75) is 37.6 Å². The highest BCUT2D eigenvalue weighted by molar-refractivity contribution is 5.98. The molecule has 1 fully saturated rings. The first-order valence-electron chi connectivity index (χ1n) is 8.71. The van der Waals surface area contributed by atoms with Crippen molar-refractivity contribution < 1.29 is 14.3 Å². The number of benzene rings is 2. The van der Waals surface area contributed by atoms with Gasteiger partial charge in [-0.3, -0.25) is 4.79 Å². The van der Waals surface area contributed by atoms with Gasteiger partial charge in [-0.15, -0.1) is 0 Å². The second kappa shape index (κ2) is 7.51. The molecular weight excluding hydrogens is 314 g/mol. The Kier molecular flexibility index (Phi) is 5.17. The Hall–Kier alpha value is -2.62. The number of hydrogen-bond acceptors (Lipinski definition) is 3. The minimum Gasteiger partial charge on any atom is -0.467 e. The smallest absolute Gasteiger partial charge is 0.331 e. The number of ether oxygens (including phenoxy) is 1. The van der Waals surface area contributed by atoms with Gasteiger partial charge in [-0.2, -0.15) is 0 Å². The van der Waals surface area contributed by atoms with Gasteiger partial charge < -0.3 is 10.1 Å². The molecule has 0 radical (unpaired) electrons. The molecule has 3 rings (SSSR count). The molecule has 1 aliphatic rings. The summed E-state index contributed by atoms with van der Waals surface area (Å²) in [6, 6.07) is 17.5. The second-order valence-corrected chi connectivity index (χ2v) is 6.53. The Morgan fingerprint density at radius 3 is 2.08 bits per heavy atom. The molecule has 1 aliphatic carbocycles. The van der Waals surface area contributed by atoms with Crippen LogP contribution in [0.2, 0.25) is 0 Å². The summed E-state index contributed by atoms with van der Waals surface area (Å²) in [6.45, 7) is 0. The van der Waals surface area contributed by atoms with Crippen LogP contribution in [-0.4, -0.2) is 24.5 Å². The Balaban J connectivity index is 1.77. The van der Waals surface area contributed by atoms with Crippen LogP contribution in [0.5, 0.6) is 0 Å². The fourth-order valence-corrected chi connectivity index (χ4v) is 3.47. The van der Waals surface area contributed by atoms with Crippen molar-refractivity contribution in [2.24, 2.45) is 0 Å². The summed E-state index contributed by atoms with van der Waals surface area (Å²) in [4.78, 5) is 24.9. The predicted molar refractivity (Wildman–Crippen MR) is 97.2 cm³/mol. The van der Waals surface area contributed by atoms with Gasteiger partial charge in [0.2, 0.25) is 0 Å². The summed E-state index contributed by atoms with van der Waals surface area (Å²) in [5, 5.41) is 2.95. The van der Waals surface area contributed by atoms with E-state index in [2.05, 4.69) is 5.32 Å². The summed E-state index contributed by atoms with van der Waals surface area (Å²) < 4.78 is 4.95. The lowest BCUT2D eigenvalue weighted by Gasteiger charge is -2.35. The molecule has 4 heteroatoms. The van der Waals surface area contributed by atoms with E-state index in [0.717, 1.165) is 30.4 Å². The van der Waals surface area contributed by atoms with Crippen LogP contribution >= 0.6 is 0 Å². The number of carbonyl (C=O) groups excluding carboxylic acids is 2. The summed E-state index contributed by atoms with van der Waals surface area (Å²) in [7, 11) is 1.37. The minimum atomic E-state index is -0.887. The monoisotopic (exact) mass is 337 g/mol. The SMILES string of the molecule is COC(=O)C1(NC(=O)c2ccc(-c3ccccc3)cc2)CCCCC1. The fraction of sp³-hybridized carbons (Fsp3) is 0.333. The van der Waals surface area contributed by atoms with Crippen LogP contribution in [0.3, 0.4) is 0 Å².